The van der Waals surface area contributed by atoms with Gasteiger partial charge in [0.05, 0.1) is 19.0 Å². The van der Waals surface area contributed by atoms with Gasteiger partial charge in [0.25, 0.3) is 0 Å². The first-order valence-corrected chi connectivity index (χ1v) is 14.0. The summed E-state index contributed by atoms with van der Waals surface area (Å²) in [7, 11) is 3.26. The average Bonchev–Trinajstić information content (AvgIpc) is 3.32. The van der Waals surface area contributed by atoms with Gasteiger partial charge >= 0.3 is 6.16 Å². The topological polar surface area (TPSA) is 151 Å². The average molecular weight is 568 g/mol. The van der Waals surface area contributed by atoms with Crippen molar-refractivity contribution in [3.8, 4) is 0 Å². The zero-order chi connectivity index (χ0) is 29.8. The molecule has 2 N–H and O–H groups in total. The molecule has 0 spiro atoms. The van der Waals surface area contributed by atoms with Crippen LogP contribution in [0.1, 0.15) is 61.8 Å². The van der Waals surface area contributed by atoms with E-state index in [9.17, 15) is 4.79 Å². The molecule has 38 heavy (non-hydrogen) atoms. The maximum absolute atomic E-state index is 11.3. The minimum Gasteiger partial charge on any atom is -0.432 e. The van der Waals surface area contributed by atoms with E-state index in [-0.39, 0.29) is 26.0 Å². The number of carbonyl (C=O) groups is 1. The third kappa shape index (κ3) is 20.9. The first-order chi connectivity index (χ1) is 18.3. The molecule has 1 unspecified atom stereocenters. The van der Waals surface area contributed by atoms with Crippen molar-refractivity contribution in [2.45, 2.75) is 74.5 Å². The second-order valence-corrected chi connectivity index (χ2v) is 8.14. The summed E-state index contributed by atoms with van der Waals surface area (Å²) in [5.41, 5.74) is 6.93. The first kappa shape index (κ1) is 40.3. The number of nitrogens with zero attached hydrogens (tertiary/aromatic N) is 4. The van der Waals surface area contributed by atoms with Gasteiger partial charge in [-0.25, -0.2) is 19.7 Å². The minimum atomic E-state index is -1.48. The Kier molecular flexibility index (Phi) is 31.2. The van der Waals surface area contributed by atoms with E-state index in [0.29, 0.717) is 30.1 Å². The first-order valence-electron chi connectivity index (χ1n) is 12.6. The molecular weight excluding hydrogens is 517 g/mol. The molecule has 0 aliphatic heterocycles. The number of imidazole rings is 1. The van der Waals surface area contributed by atoms with Crippen LogP contribution < -0.4 is 5.73 Å². The number of carbonyl (C=O) groups excluding carboxylic acids is 1. The van der Waals surface area contributed by atoms with Gasteiger partial charge in [0.1, 0.15) is 18.2 Å². The molecule has 0 bridgehead atoms. The van der Waals surface area contributed by atoms with E-state index in [4.69, 9.17) is 33.7 Å². The highest BCUT2D eigenvalue weighted by Gasteiger charge is 2.14. The van der Waals surface area contributed by atoms with E-state index in [2.05, 4.69) is 33.5 Å². The van der Waals surface area contributed by atoms with Crippen molar-refractivity contribution in [1.82, 2.24) is 19.5 Å². The van der Waals surface area contributed by atoms with Crippen LogP contribution >= 0.6 is 8.38 Å². The van der Waals surface area contributed by atoms with Gasteiger partial charge in [-0.05, 0) is 13.8 Å². The van der Waals surface area contributed by atoms with Gasteiger partial charge in [-0.2, -0.15) is 0 Å². The number of fused-ring (bicyclic) bond motifs is 1. The maximum Gasteiger partial charge on any atom is 0.510 e. The van der Waals surface area contributed by atoms with Crippen molar-refractivity contribution >= 4 is 31.5 Å². The predicted octanol–water partition coefficient (Wildman–Crippen LogP) is 5.58. The number of rotatable bonds is 12. The summed E-state index contributed by atoms with van der Waals surface area (Å²) in [4.78, 5) is 23.6. The summed E-state index contributed by atoms with van der Waals surface area (Å²) in [6.45, 7) is 16.2. The molecule has 2 rings (SSSR count). The Morgan fingerprint density at radius 1 is 1.03 bits per heavy atom. The van der Waals surface area contributed by atoms with Crippen molar-refractivity contribution in [1.29, 1.82) is 0 Å². The monoisotopic (exact) mass is 567 g/mol. The maximum atomic E-state index is 11.3. The lowest BCUT2D eigenvalue weighted by Gasteiger charge is -2.17. The van der Waals surface area contributed by atoms with Crippen LogP contribution in [0.25, 0.3) is 11.2 Å². The molecule has 0 fully saturated rings. The zero-order valence-electron chi connectivity index (χ0n) is 25.1. The van der Waals surface area contributed by atoms with E-state index in [0.717, 1.165) is 0 Å². The minimum absolute atomic E-state index is 0.0217. The van der Waals surface area contributed by atoms with Crippen molar-refractivity contribution < 1.29 is 37.5 Å². The number of ether oxygens (including phenoxy) is 5. The Labute approximate surface area is 229 Å². The molecule has 1 atom stereocenters. The van der Waals surface area contributed by atoms with Crippen molar-refractivity contribution in [2.75, 3.05) is 53.6 Å². The highest BCUT2D eigenvalue weighted by atomic mass is 31.2. The van der Waals surface area contributed by atoms with Crippen LogP contribution in [0.4, 0.5) is 10.6 Å². The summed E-state index contributed by atoms with van der Waals surface area (Å²) in [5, 5.41) is 0. The molecule has 0 radical (unpaired) electrons. The van der Waals surface area contributed by atoms with Gasteiger partial charge in [0.15, 0.2) is 18.3 Å². The molecular formula is C24H50N5O8P. The Morgan fingerprint density at radius 2 is 1.61 bits per heavy atom. The van der Waals surface area contributed by atoms with Crippen molar-refractivity contribution in [3.05, 3.63) is 12.7 Å². The van der Waals surface area contributed by atoms with Crippen LogP contribution in [-0.2, 0) is 39.3 Å². The number of hydrogen-bond donors (Lipinski definition) is 1. The Balaban J connectivity index is -0.00000107. The van der Waals surface area contributed by atoms with Crippen LogP contribution in [0.5, 0.6) is 0 Å². The largest absolute Gasteiger partial charge is 0.510 e. The summed E-state index contributed by atoms with van der Waals surface area (Å²) in [5.74, 6) is 0.325. The fraction of sp³-hybridized carbons (Fsp3) is 0.750. The number of anilines is 1. The molecule has 224 valence electrons. The predicted molar refractivity (Wildman–Crippen MR) is 151 cm³/mol. The molecule has 2 heterocycles. The Bertz CT molecular complexity index is 781. The highest BCUT2D eigenvalue weighted by Crippen LogP contribution is 2.38. The van der Waals surface area contributed by atoms with Crippen molar-refractivity contribution in [2.24, 2.45) is 0 Å². The molecule has 2 aromatic heterocycles. The van der Waals surface area contributed by atoms with Crippen LogP contribution in [-0.4, -0.2) is 79.6 Å². The second kappa shape index (κ2) is 29.4. The third-order valence-electron chi connectivity index (χ3n) is 3.12. The van der Waals surface area contributed by atoms with E-state index in [1.165, 1.54) is 19.9 Å². The van der Waals surface area contributed by atoms with E-state index in [1.807, 2.05) is 27.7 Å². The van der Waals surface area contributed by atoms with Crippen molar-refractivity contribution in [3.63, 3.8) is 0 Å². The van der Waals surface area contributed by atoms with Crippen LogP contribution in [0.15, 0.2) is 12.7 Å². The number of nitrogen functional groups attached to an aromatic ring is 1. The van der Waals surface area contributed by atoms with Gasteiger partial charge in [-0.3, -0.25) is 4.52 Å². The van der Waals surface area contributed by atoms with E-state index < -0.39 is 14.5 Å². The highest BCUT2D eigenvalue weighted by molar-refractivity contribution is 7.47. The van der Waals surface area contributed by atoms with E-state index >= 15 is 0 Å². The summed E-state index contributed by atoms with van der Waals surface area (Å²) in [6, 6.07) is 0. The van der Waals surface area contributed by atoms with Gasteiger partial charge in [0, 0.05) is 27.9 Å². The molecule has 0 aliphatic rings. The van der Waals surface area contributed by atoms with Gasteiger partial charge < -0.3 is 38.5 Å². The SMILES string of the molecule is CC.CC.CCC.COC.COCOP(COCCn1cnc2c(N)ncnc21)OCOC(=O)OC(C)C. The normalized spacial score (nSPS) is 10.4. The quantitative estimate of drug-likeness (QED) is 0.147. The van der Waals surface area contributed by atoms with Gasteiger partial charge in [-0.1, -0.05) is 48.0 Å². The van der Waals surface area contributed by atoms with Crippen LogP contribution in [0, 0.1) is 0 Å². The number of hydrogen-bond acceptors (Lipinski definition) is 12. The van der Waals surface area contributed by atoms with Crippen LogP contribution in [0.3, 0.4) is 0 Å². The Hall–Kier alpha value is -2.15. The standard InChI is InChI=1S/C15H24N5O7P.C3H8.C2H6O.2C2H6/c1-11(2)27-15(21)24-9-26-28(25-8-22-3)10-23-5-4-20-7-19-12-13(16)17-6-18-14(12)20;2*1-3-2;2*1-2/h6-7,11H,4-5,8-10H2,1-3H3,(H2,16,17,18);3H2,1-2H3;1-2H3;2*1-2H3. The summed E-state index contributed by atoms with van der Waals surface area (Å²) < 4.78 is 36.9. The lowest BCUT2D eigenvalue weighted by molar-refractivity contribution is -0.0185. The lowest BCUT2D eigenvalue weighted by atomic mass is 10.5. The molecule has 0 aliphatic carbocycles. The molecule has 2 aromatic rings. The summed E-state index contributed by atoms with van der Waals surface area (Å²) >= 11 is 0. The fourth-order valence-corrected chi connectivity index (χ4v) is 2.84. The second-order valence-electron chi connectivity index (χ2n) is 6.70. The molecule has 0 amide bonds. The Morgan fingerprint density at radius 3 is 2.16 bits per heavy atom. The van der Waals surface area contributed by atoms with E-state index in [1.54, 1.807) is 39.0 Å². The number of methoxy groups -OCH3 is 2. The molecule has 13 nitrogen and oxygen atoms in total. The fourth-order valence-electron chi connectivity index (χ4n) is 1.95. The molecule has 0 aromatic carbocycles. The molecule has 0 saturated carbocycles. The third-order valence-corrected chi connectivity index (χ3v) is 4.30. The number of nitrogens with two attached hydrogens (primary N) is 1. The van der Waals surface area contributed by atoms with Gasteiger partial charge in [-0.15, -0.1) is 0 Å². The van der Waals surface area contributed by atoms with Crippen LogP contribution in [0.2, 0.25) is 0 Å². The number of aromatic nitrogens is 4. The zero-order valence-corrected chi connectivity index (χ0v) is 25.9. The molecule has 0 saturated heterocycles. The summed E-state index contributed by atoms with van der Waals surface area (Å²) in [6.07, 6.45) is 3.32. The molecule has 14 heteroatoms. The smallest absolute Gasteiger partial charge is 0.432 e. The van der Waals surface area contributed by atoms with Gasteiger partial charge in [0.2, 0.25) is 15.2 Å². The lowest BCUT2D eigenvalue weighted by Crippen LogP contribution is -2.15.